The number of esters is 2. The Kier molecular flexibility index (Phi) is 82.2. The molecule has 2 unspecified atom stereocenters. The van der Waals surface area contributed by atoms with Crippen LogP contribution in [0, 0.1) is 0 Å². The first kappa shape index (κ1) is 96.0. The van der Waals surface area contributed by atoms with E-state index in [1.54, 1.807) is 0 Å². The number of hydrogen-bond acceptors (Lipinski definition) is 8. The van der Waals surface area contributed by atoms with Gasteiger partial charge in [0.2, 0.25) is 0 Å². The lowest BCUT2D eigenvalue weighted by atomic mass is 10.0. The highest BCUT2D eigenvalue weighted by atomic mass is 31.2. The summed E-state index contributed by atoms with van der Waals surface area (Å²) in [6.07, 6.45) is 110. The molecule has 0 aliphatic carbocycles. The maximum atomic E-state index is 12.8. The maximum Gasteiger partial charge on any atom is 0.472 e. The normalized spacial score (nSPS) is 13.0. The molecule has 0 aliphatic rings. The molecule has 0 amide bonds. The van der Waals surface area contributed by atoms with Crippen molar-refractivity contribution < 1.29 is 37.6 Å². The summed E-state index contributed by atoms with van der Waals surface area (Å²) in [5, 5.41) is 0. The second-order valence-electron chi connectivity index (χ2n) is 29.7. The highest BCUT2D eigenvalue weighted by Gasteiger charge is 2.26. The second kappa shape index (κ2) is 83.9. The van der Waals surface area contributed by atoms with Crippen LogP contribution in [0.25, 0.3) is 0 Å². The van der Waals surface area contributed by atoms with Crippen LogP contribution >= 0.6 is 7.82 Å². The van der Waals surface area contributed by atoms with Crippen LogP contribution in [-0.2, 0) is 32.7 Å². The summed E-state index contributed by atoms with van der Waals surface area (Å²) < 4.78 is 33.3. The quantitative estimate of drug-likeness (QED) is 0.0264. The van der Waals surface area contributed by atoms with Gasteiger partial charge in [-0.3, -0.25) is 18.6 Å². The average molecular weight is 1400 g/mol. The number of hydrogen-bond donors (Lipinski definition) is 2. The molecule has 9 nitrogen and oxygen atoms in total. The number of carbonyl (C=O) groups excluding carboxylic acids is 2. The molecule has 10 heteroatoms. The predicted molar refractivity (Wildman–Crippen MR) is 427 cm³/mol. The molecule has 0 bridgehead atoms. The average Bonchev–Trinajstić information content (AvgIpc) is 1.36. The van der Waals surface area contributed by atoms with Gasteiger partial charge in [-0.15, -0.1) is 0 Å². The smallest absolute Gasteiger partial charge is 0.462 e. The van der Waals surface area contributed by atoms with Gasteiger partial charge in [0.15, 0.2) is 6.10 Å². The van der Waals surface area contributed by atoms with Gasteiger partial charge >= 0.3 is 19.8 Å². The van der Waals surface area contributed by atoms with E-state index in [4.69, 9.17) is 24.3 Å². The van der Waals surface area contributed by atoms with Crippen LogP contribution in [0.3, 0.4) is 0 Å². The van der Waals surface area contributed by atoms with Crippen LogP contribution in [0.15, 0.2) is 48.6 Å². The molecular formula is C88H168NO8P. The van der Waals surface area contributed by atoms with Gasteiger partial charge in [0.25, 0.3) is 0 Å². The topological polar surface area (TPSA) is 134 Å². The highest BCUT2D eigenvalue weighted by molar-refractivity contribution is 7.47. The monoisotopic (exact) mass is 1400 g/mol. The molecule has 0 aromatic rings. The van der Waals surface area contributed by atoms with Crippen molar-refractivity contribution in [3.05, 3.63) is 48.6 Å². The fourth-order valence-electron chi connectivity index (χ4n) is 13.6. The van der Waals surface area contributed by atoms with Crippen molar-refractivity contribution >= 4 is 19.8 Å². The van der Waals surface area contributed by atoms with E-state index in [2.05, 4.69) is 62.5 Å². The fraction of sp³-hybridized carbons (Fsp3) is 0.886. The maximum absolute atomic E-state index is 12.8. The number of unbranched alkanes of at least 4 members (excludes halogenated alkanes) is 63. The third kappa shape index (κ3) is 82.9. The molecule has 3 N–H and O–H groups in total. The number of phosphoric acid groups is 1. The van der Waals surface area contributed by atoms with Crippen LogP contribution in [0.4, 0.5) is 0 Å². The Morgan fingerprint density at radius 2 is 0.561 bits per heavy atom. The summed E-state index contributed by atoms with van der Waals surface area (Å²) in [4.78, 5) is 35.5. The Bertz CT molecular complexity index is 1750. The molecule has 0 saturated heterocycles. The first-order valence-corrected chi connectivity index (χ1v) is 45.1. The number of ether oxygens (including phenoxy) is 2. The number of phosphoric ester groups is 1. The van der Waals surface area contributed by atoms with Gasteiger partial charge in [0.05, 0.1) is 13.2 Å². The number of carbonyl (C=O) groups is 2. The van der Waals surface area contributed by atoms with Gasteiger partial charge in [-0.2, -0.15) is 0 Å². The first-order valence-electron chi connectivity index (χ1n) is 43.6. The van der Waals surface area contributed by atoms with E-state index in [1.807, 2.05) is 0 Å². The van der Waals surface area contributed by atoms with Crippen LogP contribution in [0.5, 0.6) is 0 Å². The van der Waals surface area contributed by atoms with Crippen LogP contribution < -0.4 is 5.73 Å². The van der Waals surface area contributed by atoms with E-state index in [-0.39, 0.29) is 38.6 Å². The molecule has 0 spiro atoms. The highest BCUT2D eigenvalue weighted by Crippen LogP contribution is 2.43. The minimum Gasteiger partial charge on any atom is -0.462 e. The largest absolute Gasteiger partial charge is 0.472 e. The zero-order valence-electron chi connectivity index (χ0n) is 65.6. The van der Waals surface area contributed by atoms with Gasteiger partial charge in [0.1, 0.15) is 6.61 Å². The first-order chi connectivity index (χ1) is 48.3. The lowest BCUT2D eigenvalue weighted by Gasteiger charge is -2.19. The standard InChI is InChI=1S/C88H168NO8P/c1-3-5-7-9-11-13-15-17-19-21-23-25-27-29-31-33-35-37-39-41-42-43-44-45-47-49-51-53-55-57-59-61-63-65-67-69-71-73-75-77-79-81-88(91)97-86(85-96-98(92,93)95-83-82-89)84-94-87(90)80-78-76-74-72-70-68-66-64-62-60-58-56-54-52-50-48-46-40-38-36-34-32-30-28-26-24-22-20-18-16-14-12-10-8-6-4-2/h5,7,11,13,17,19,23,25,86H,3-4,6,8-10,12,14-16,18,20-22,24,26-85,89H2,1-2H3,(H,92,93)/b7-5-,13-11-,19-17-,25-23-. The molecule has 0 radical (unpaired) electrons. The van der Waals surface area contributed by atoms with E-state index in [1.165, 1.54) is 379 Å². The lowest BCUT2D eigenvalue weighted by Crippen LogP contribution is -2.29. The van der Waals surface area contributed by atoms with E-state index < -0.39 is 26.5 Å². The number of rotatable bonds is 84. The molecule has 0 saturated carbocycles. The van der Waals surface area contributed by atoms with Crippen molar-refractivity contribution in [2.24, 2.45) is 5.73 Å². The van der Waals surface area contributed by atoms with E-state index in [0.29, 0.717) is 6.42 Å². The van der Waals surface area contributed by atoms with Gasteiger partial charge in [0, 0.05) is 19.4 Å². The predicted octanol–water partition coefficient (Wildman–Crippen LogP) is 29.5. The molecule has 0 heterocycles. The summed E-state index contributed by atoms with van der Waals surface area (Å²) in [6, 6.07) is 0. The summed E-state index contributed by atoms with van der Waals surface area (Å²) in [5.74, 6) is -0.797. The Labute approximate surface area is 610 Å². The van der Waals surface area contributed by atoms with Crippen molar-refractivity contribution in [2.45, 2.75) is 476 Å². The molecule has 0 aromatic heterocycles. The lowest BCUT2D eigenvalue weighted by molar-refractivity contribution is -0.161. The van der Waals surface area contributed by atoms with Gasteiger partial charge < -0.3 is 20.1 Å². The summed E-state index contributed by atoms with van der Waals surface area (Å²) in [6.45, 7) is 3.73. The summed E-state index contributed by atoms with van der Waals surface area (Å²) >= 11 is 0. The number of allylic oxidation sites excluding steroid dienone is 8. The van der Waals surface area contributed by atoms with Gasteiger partial charge in [-0.05, 0) is 51.4 Å². The fourth-order valence-corrected chi connectivity index (χ4v) is 14.3. The van der Waals surface area contributed by atoms with Gasteiger partial charge in [-0.25, -0.2) is 4.57 Å². The third-order valence-corrected chi connectivity index (χ3v) is 21.0. The molecule has 578 valence electrons. The van der Waals surface area contributed by atoms with Crippen molar-refractivity contribution in [3.63, 3.8) is 0 Å². The Morgan fingerprint density at radius 3 is 0.837 bits per heavy atom. The zero-order chi connectivity index (χ0) is 70.8. The Morgan fingerprint density at radius 1 is 0.316 bits per heavy atom. The zero-order valence-corrected chi connectivity index (χ0v) is 66.5. The molecule has 0 rings (SSSR count). The van der Waals surface area contributed by atoms with E-state index in [9.17, 15) is 19.0 Å². The minimum absolute atomic E-state index is 0.0571. The molecule has 2 atom stereocenters. The van der Waals surface area contributed by atoms with Crippen molar-refractivity contribution in [1.29, 1.82) is 0 Å². The molecule has 98 heavy (non-hydrogen) atoms. The van der Waals surface area contributed by atoms with Crippen LogP contribution in [-0.4, -0.2) is 49.3 Å². The second-order valence-corrected chi connectivity index (χ2v) is 31.2. The Hall–Kier alpha value is -2.03. The van der Waals surface area contributed by atoms with Crippen molar-refractivity contribution in [1.82, 2.24) is 0 Å². The minimum atomic E-state index is -4.40. The van der Waals surface area contributed by atoms with Crippen LogP contribution in [0.2, 0.25) is 0 Å². The number of nitrogens with two attached hydrogens (primary N) is 1. The van der Waals surface area contributed by atoms with Gasteiger partial charge in [-0.1, -0.05) is 454 Å². The molecule has 0 fully saturated rings. The molecule has 0 aromatic carbocycles. The van der Waals surface area contributed by atoms with E-state index >= 15 is 0 Å². The summed E-state index contributed by atoms with van der Waals surface area (Å²) in [7, 11) is -4.40. The SMILES string of the molecule is CC/C=C\C/C=C\C/C=C\C/C=C\CCCCCCCCCCCCCCCCCCCCCCCCCCCCCCC(=O)OC(COC(=O)CCCCCCCCCCCCCCCCCCCCCCCCCCCCCCCCCCCCCC)COP(=O)(O)OCCN. The molecule has 0 aliphatic heterocycles. The third-order valence-electron chi connectivity index (χ3n) is 20.0. The van der Waals surface area contributed by atoms with Crippen molar-refractivity contribution in [2.75, 3.05) is 26.4 Å². The van der Waals surface area contributed by atoms with E-state index in [0.717, 1.165) is 57.8 Å². The summed E-state index contributed by atoms with van der Waals surface area (Å²) in [5.41, 5.74) is 5.42. The van der Waals surface area contributed by atoms with Crippen LogP contribution in [0.1, 0.15) is 470 Å². The van der Waals surface area contributed by atoms with Crippen molar-refractivity contribution in [3.8, 4) is 0 Å². The molecular weight excluding hydrogens is 1230 g/mol. The Balaban J connectivity index is 3.70.